The van der Waals surface area contributed by atoms with Crippen LogP contribution in [0.25, 0.3) is 22.2 Å². The number of para-hydroxylation sites is 1. The quantitative estimate of drug-likeness (QED) is 0.697. The summed E-state index contributed by atoms with van der Waals surface area (Å²) in [6.07, 6.45) is 1.15. The fourth-order valence-electron chi connectivity index (χ4n) is 2.81. The van der Waals surface area contributed by atoms with Gasteiger partial charge in [0.25, 0.3) is 0 Å². The van der Waals surface area contributed by atoms with Gasteiger partial charge in [-0.1, -0.05) is 48.5 Å². The Morgan fingerprint density at radius 1 is 0.962 bits per heavy atom. The first-order chi connectivity index (χ1) is 12.2. The molecule has 0 saturated heterocycles. The molecule has 3 rings (SSSR count). The summed E-state index contributed by atoms with van der Waals surface area (Å²) < 4.78 is 25.6. The molecule has 0 spiro atoms. The molecule has 1 heterocycles. The predicted molar refractivity (Wildman–Crippen MR) is 106 cm³/mol. The number of hydrogen-bond donors (Lipinski definition) is 2. The van der Waals surface area contributed by atoms with Crippen molar-refractivity contribution < 1.29 is 8.42 Å². The third kappa shape index (κ3) is 4.56. The first-order valence-corrected chi connectivity index (χ1v) is 10.2. The van der Waals surface area contributed by atoms with Gasteiger partial charge in [-0.15, -0.1) is 0 Å². The van der Waals surface area contributed by atoms with Gasteiger partial charge in [0.1, 0.15) is 0 Å². The third-order valence-electron chi connectivity index (χ3n) is 3.80. The van der Waals surface area contributed by atoms with E-state index in [-0.39, 0.29) is 0 Å². The highest BCUT2D eigenvalue weighted by Gasteiger charge is 2.22. The monoisotopic (exact) mass is 370 g/mol. The fraction of sp³-hybridized carbons (Fsp3) is 0.263. The number of nitrogens with one attached hydrogen (secondary N) is 2. The van der Waals surface area contributed by atoms with E-state index in [0.717, 1.165) is 28.4 Å². The predicted octanol–water partition coefficient (Wildman–Crippen LogP) is 3.04. The molecule has 2 N–H and O–H groups in total. The Morgan fingerprint density at radius 2 is 1.62 bits per heavy atom. The van der Waals surface area contributed by atoms with E-state index in [1.807, 2.05) is 54.6 Å². The summed E-state index contributed by atoms with van der Waals surface area (Å²) >= 11 is 0. The van der Waals surface area contributed by atoms with Crippen LogP contribution in [0.2, 0.25) is 0 Å². The fourth-order valence-corrected chi connectivity index (χ4v) is 3.89. The molecule has 0 fully saturated rings. The molecule has 1 aromatic heterocycles. The van der Waals surface area contributed by atoms with E-state index in [2.05, 4.69) is 20.0 Å². The molecule has 0 unspecified atom stereocenters. The van der Waals surface area contributed by atoms with Crippen molar-refractivity contribution in [2.24, 2.45) is 0 Å². The van der Waals surface area contributed by atoms with Crippen molar-refractivity contribution in [3.05, 3.63) is 54.6 Å². The molecule has 0 saturated carbocycles. The van der Waals surface area contributed by atoms with Crippen LogP contribution in [0, 0.1) is 0 Å². The van der Waals surface area contributed by atoms with Gasteiger partial charge in [0, 0.05) is 23.0 Å². The summed E-state index contributed by atoms with van der Waals surface area (Å²) in [7, 11) is -3.30. The lowest BCUT2D eigenvalue weighted by atomic mass is 10.1. The van der Waals surface area contributed by atoms with Crippen LogP contribution in [0.4, 0.5) is 5.95 Å². The maximum absolute atomic E-state index is 11.5. The van der Waals surface area contributed by atoms with E-state index < -0.39 is 15.6 Å². The van der Waals surface area contributed by atoms with Crippen LogP contribution in [0.15, 0.2) is 54.6 Å². The average molecular weight is 370 g/mol. The Hall–Kier alpha value is -2.51. The number of rotatable bonds is 6. The van der Waals surface area contributed by atoms with Gasteiger partial charge >= 0.3 is 0 Å². The first kappa shape index (κ1) is 18.3. The minimum absolute atomic E-state index is 0.354. The van der Waals surface area contributed by atoms with Crippen molar-refractivity contribution in [2.45, 2.75) is 19.4 Å². The van der Waals surface area contributed by atoms with Crippen LogP contribution in [-0.4, -0.2) is 36.7 Å². The number of hydrogen-bond acceptors (Lipinski definition) is 5. The molecule has 0 bridgehead atoms. The molecule has 0 aliphatic carbocycles. The van der Waals surface area contributed by atoms with Gasteiger partial charge in [-0.3, -0.25) is 0 Å². The van der Waals surface area contributed by atoms with Crippen molar-refractivity contribution in [3.8, 4) is 11.3 Å². The minimum Gasteiger partial charge on any atom is -0.352 e. The van der Waals surface area contributed by atoms with E-state index in [1.165, 1.54) is 0 Å². The van der Waals surface area contributed by atoms with E-state index in [0.29, 0.717) is 12.5 Å². The summed E-state index contributed by atoms with van der Waals surface area (Å²) in [6, 6.07) is 17.8. The molecule has 0 aliphatic rings. The molecule has 26 heavy (non-hydrogen) atoms. The molecule has 0 radical (unpaired) electrons. The van der Waals surface area contributed by atoms with Gasteiger partial charge < -0.3 is 5.32 Å². The van der Waals surface area contributed by atoms with E-state index in [9.17, 15) is 8.42 Å². The zero-order valence-electron chi connectivity index (χ0n) is 15.0. The second-order valence-electron chi connectivity index (χ2n) is 6.89. The molecule has 0 aliphatic heterocycles. The van der Waals surface area contributed by atoms with Crippen molar-refractivity contribution in [3.63, 3.8) is 0 Å². The molecule has 136 valence electrons. The van der Waals surface area contributed by atoms with E-state index >= 15 is 0 Å². The topological polar surface area (TPSA) is 84.0 Å². The van der Waals surface area contributed by atoms with Gasteiger partial charge in [-0.25, -0.2) is 23.1 Å². The molecule has 6 nitrogen and oxygen atoms in total. The number of aromatic nitrogens is 2. The van der Waals surface area contributed by atoms with Crippen LogP contribution in [-0.2, 0) is 10.0 Å². The SMILES string of the molecule is CC(C)(CNc1nc(-c2ccccc2)c2ccccc2n1)NS(C)(=O)=O. The lowest BCUT2D eigenvalue weighted by molar-refractivity contribution is 0.475. The molecule has 0 atom stereocenters. The Kier molecular flexibility index (Phi) is 4.93. The van der Waals surface area contributed by atoms with Gasteiger partial charge in [0.05, 0.1) is 17.5 Å². The third-order valence-corrected chi connectivity index (χ3v) is 4.72. The van der Waals surface area contributed by atoms with Crippen LogP contribution < -0.4 is 10.0 Å². The Labute approximate surface area is 153 Å². The lowest BCUT2D eigenvalue weighted by Crippen LogP contribution is -2.47. The number of benzene rings is 2. The van der Waals surface area contributed by atoms with E-state index in [4.69, 9.17) is 0 Å². The van der Waals surface area contributed by atoms with Crippen molar-refractivity contribution in [1.82, 2.24) is 14.7 Å². The van der Waals surface area contributed by atoms with Crippen molar-refractivity contribution in [1.29, 1.82) is 0 Å². The van der Waals surface area contributed by atoms with Gasteiger partial charge in [-0.2, -0.15) is 0 Å². The highest BCUT2D eigenvalue weighted by Crippen LogP contribution is 2.27. The number of sulfonamides is 1. The van der Waals surface area contributed by atoms with Gasteiger partial charge in [0.15, 0.2) is 0 Å². The maximum atomic E-state index is 11.5. The summed E-state index contributed by atoms with van der Waals surface area (Å²) in [4.78, 5) is 9.23. The Balaban J connectivity index is 1.95. The number of anilines is 1. The van der Waals surface area contributed by atoms with Crippen LogP contribution >= 0.6 is 0 Å². The highest BCUT2D eigenvalue weighted by atomic mass is 32.2. The second-order valence-corrected chi connectivity index (χ2v) is 8.64. The molecule has 7 heteroatoms. The van der Waals surface area contributed by atoms with Crippen molar-refractivity contribution >= 4 is 26.9 Å². The number of nitrogens with zero attached hydrogens (tertiary/aromatic N) is 2. The largest absolute Gasteiger partial charge is 0.352 e. The summed E-state index contributed by atoms with van der Waals surface area (Å²) in [5, 5.41) is 4.13. The molecule has 2 aromatic carbocycles. The molecular weight excluding hydrogens is 348 g/mol. The smallest absolute Gasteiger partial charge is 0.223 e. The Bertz CT molecular complexity index is 1020. The second kappa shape index (κ2) is 7.01. The summed E-state index contributed by atoms with van der Waals surface area (Å²) in [5.41, 5.74) is 2.00. The summed E-state index contributed by atoms with van der Waals surface area (Å²) in [6.45, 7) is 3.97. The normalized spacial score (nSPS) is 12.3. The minimum atomic E-state index is -3.30. The molecular formula is C19H22N4O2S. The Morgan fingerprint density at radius 3 is 2.31 bits per heavy atom. The van der Waals surface area contributed by atoms with Gasteiger partial charge in [-0.05, 0) is 19.9 Å². The maximum Gasteiger partial charge on any atom is 0.223 e. The van der Waals surface area contributed by atoms with Crippen LogP contribution in [0.5, 0.6) is 0 Å². The zero-order chi connectivity index (χ0) is 18.8. The van der Waals surface area contributed by atoms with Gasteiger partial charge in [0.2, 0.25) is 16.0 Å². The lowest BCUT2D eigenvalue weighted by Gasteiger charge is -2.25. The molecule has 0 amide bonds. The highest BCUT2D eigenvalue weighted by molar-refractivity contribution is 7.88. The standard InChI is InChI=1S/C19H22N4O2S/c1-19(2,23-26(3,24)25)13-20-18-21-16-12-8-7-11-15(16)17(22-18)14-9-5-4-6-10-14/h4-12,23H,13H2,1-3H3,(H,20,21,22). The zero-order valence-corrected chi connectivity index (χ0v) is 15.8. The van der Waals surface area contributed by atoms with Crippen LogP contribution in [0.1, 0.15) is 13.8 Å². The first-order valence-electron chi connectivity index (χ1n) is 8.29. The van der Waals surface area contributed by atoms with Crippen LogP contribution in [0.3, 0.4) is 0 Å². The number of fused-ring (bicyclic) bond motifs is 1. The van der Waals surface area contributed by atoms with Crippen molar-refractivity contribution in [2.75, 3.05) is 18.1 Å². The summed E-state index contributed by atoms with van der Waals surface area (Å²) in [5.74, 6) is 0.464. The average Bonchev–Trinajstić information content (AvgIpc) is 2.58. The van der Waals surface area contributed by atoms with E-state index in [1.54, 1.807) is 13.8 Å². The molecule has 3 aromatic rings.